The minimum absolute atomic E-state index is 0.0595. The fraction of sp³-hybridized carbons (Fsp3) is 0.350. The molecule has 4 rings (SSSR count). The molecule has 2 aromatic rings. The van der Waals surface area contributed by atoms with Crippen LogP contribution in [0.15, 0.2) is 48.5 Å². The van der Waals surface area contributed by atoms with Crippen LogP contribution in [-0.4, -0.2) is 24.0 Å². The zero-order valence-corrected chi connectivity index (χ0v) is 13.2. The van der Waals surface area contributed by atoms with Gasteiger partial charge in [0.15, 0.2) is 0 Å². The second-order valence-electron chi connectivity index (χ2n) is 6.42. The molecule has 3 heteroatoms. The van der Waals surface area contributed by atoms with Gasteiger partial charge in [-0.15, -0.1) is 0 Å². The van der Waals surface area contributed by atoms with Gasteiger partial charge in [0, 0.05) is 18.7 Å². The molecule has 0 bridgehead atoms. The normalized spacial score (nSPS) is 20.0. The van der Waals surface area contributed by atoms with E-state index >= 15 is 0 Å². The Labute approximate surface area is 136 Å². The lowest BCUT2D eigenvalue weighted by atomic mass is 9.99. The Hall–Kier alpha value is -2.13. The average molecular weight is 307 g/mol. The van der Waals surface area contributed by atoms with Gasteiger partial charge >= 0.3 is 5.97 Å². The summed E-state index contributed by atoms with van der Waals surface area (Å²) >= 11 is 0. The zero-order chi connectivity index (χ0) is 15.6. The number of fused-ring (bicyclic) bond motifs is 2. The Morgan fingerprint density at radius 1 is 1.04 bits per heavy atom. The maximum absolute atomic E-state index is 11.8. The standard InChI is InChI=1S/C20H21NO2/c22-20-18-9-4-3-8-17(18)19(23-20)10-5-12-21-13-11-15-6-1-2-7-16(15)14-21/h1-4,6-9,19H,5,10-14H2. The van der Waals surface area contributed by atoms with Crippen molar-refractivity contribution in [3.05, 3.63) is 70.8 Å². The van der Waals surface area contributed by atoms with Crippen LogP contribution < -0.4 is 0 Å². The molecule has 118 valence electrons. The molecule has 0 aliphatic carbocycles. The second-order valence-corrected chi connectivity index (χ2v) is 6.42. The second kappa shape index (κ2) is 6.17. The summed E-state index contributed by atoms with van der Waals surface area (Å²) in [5.41, 5.74) is 4.74. The number of benzene rings is 2. The number of rotatable bonds is 4. The van der Waals surface area contributed by atoms with Crippen LogP contribution in [0, 0.1) is 0 Å². The molecular weight excluding hydrogens is 286 g/mol. The molecule has 0 radical (unpaired) electrons. The topological polar surface area (TPSA) is 29.5 Å². The van der Waals surface area contributed by atoms with Crippen molar-refractivity contribution < 1.29 is 9.53 Å². The Balaban J connectivity index is 1.33. The summed E-state index contributed by atoms with van der Waals surface area (Å²) in [6.07, 6.45) is 3.03. The van der Waals surface area contributed by atoms with Crippen molar-refractivity contribution in [1.29, 1.82) is 0 Å². The number of cyclic esters (lactones) is 1. The molecule has 23 heavy (non-hydrogen) atoms. The van der Waals surface area contributed by atoms with Crippen LogP contribution in [0.25, 0.3) is 0 Å². The average Bonchev–Trinajstić information content (AvgIpc) is 2.91. The summed E-state index contributed by atoms with van der Waals surface area (Å²) in [7, 11) is 0. The smallest absolute Gasteiger partial charge is 0.339 e. The predicted molar refractivity (Wildman–Crippen MR) is 89.3 cm³/mol. The quantitative estimate of drug-likeness (QED) is 0.806. The summed E-state index contributed by atoms with van der Waals surface area (Å²) in [5, 5.41) is 0. The van der Waals surface area contributed by atoms with E-state index < -0.39 is 0 Å². The maximum atomic E-state index is 11.8. The van der Waals surface area contributed by atoms with E-state index in [1.807, 2.05) is 24.3 Å². The first-order valence-corrected chi connectivity index (χ1v) is 8.40. The lowest BCUT2D eigenvalue weighted by molar-refractivity contribution is 0.0357. The van der Waals surface area contributed by atoms with Crippen LogP contribution >= 0.6 is 0 Å². The first kappa shape index (κ1) is 14.5. The van der Waals surface area contributed by atoms with Crippen LogP contribution in [0.2, 0.25) is 0 Å². The van der Waals surface area contributed by atoms with Crippen molar-refractivity contribution >= 4 is 5.97 Å². The van der Waals surface area contributed by atoms with Crippen LogP contribution in [0.4, 0.5) is 0 Å². The van der Waals surface area contributed by atoms with Gasteiger partial charge in [-0.2, -0.15) is 0 Å². The molecule has 3 nitrogen and oxygen atoms in total. The van der Waals surface area contributed by atoms with Crippen molar-refractivity contribution in [2.24, 2.45) is 0 Å². The van der Waals surface area contributed by atoms with E-state index in [0.717, 1.165) is 50.0 Å². The molecule has 0 aromatic heterocycles. The third-order valence-electron chi connectivity index (χ3n) is 4.93. The molecule has 2 aliphatic rings. The summed E-state index contributed by atoms with van der Waals surface area (Å²) in [4.78, 5) is 14.4. The molecule has 0 fully saturated rings. The monoisotopic (exact) mass is 307 g/mol. The highest BCUT2D eigenvalue weighted by Crippen LogP contribution is 2.33. The molecule has 0 N–H and O–H groups in total. The van der Waals surface area contributed by atoms with Gasteiger partial charge in [-0.05, 0) is 43.0 Å². The summed E-state index contributed by atoms with van der Waals surface area (Å²) in [5.74, 6) is -0.169. The van der Waals surface area contributed by atoms with E-state index in [-0.39, 0.29) is 12.1 Å². The minimum Gasteiger partial charge on any atom is -0.454 e. The molecule has 0 saturated heterocycles. The van der Waals surface area contributed by atoms with E-state index in [2.05, 4.69) is 29.2 Å². The molecule has 1 unspecified atom stereocenters. The number of esters is 1. The minimum atomic E-state index is -0.169. The number of nitrogens with zero attached hydrogens (tertiary/aromatic N) is 1. The van der Waals surface area contributed by atoms with Gasteiger partial charge in [-0.1, -0.05) is 42.5 Å². The van der Waals surface area contributed by atoms with Crippen molar-refractivity contribution in [1.82, 2.24) is 4.90 Å². The Morgan fingerprint density at radius 3 is 2.74 bits per heavy atom. The maximum Gasteiger partial charge on any atom is 0.339 e. The highest BCUT2D eigenvalue weighted by atomic mass is 16.5. The first-order valence-electron chi connectivity index (χ1n) is 8.40. The Morgan fingerprint density at radius 2 is 1.83 bits per heavy atom. The van der Waals surface area contributed by atoms with Crippen LogP contribution in [0.1, 0.15) is 46.0 Å². The SMILES string of the molecule is O=C1OC(CCCN2CCc3ccccc3C2)c2ccccc21. The Bertz CT molecular complexity index is 725. The van der Waals surface area contributed by atoms with E-state index in [1.165, 1.54) is 11.1 Å². The molecule has 0 spiro atoms. The van der Waals surface area contributed by atoms with E-state index in [0.29, 0.717) is 0 Å². The van der Waals surface area contributed by atoms with Crippen molar-refractivity contribution in [3.8, 4) is 0 Å². The number of carbonyl (C=O) groups is 1. The highest BCUT2D eigenvalue weighted by Gasteiger charge is 2.30. The fourth-order valence-corrected chi connectivity index (χ4v) is 3.68. The molecule has 2 aliphatic heterocycles. The van der Waals surface area contributed by atoms with Crippen molar-refractivity contribution in [3.63, 3.8) is 0 Å². The highest BCUT2D eigenvalue weighted by molar-refractivity contribution is 5.93. The van der Waals surface area contributed by atoms with Crippen LogP contribution in [0.5, 0.6) is 0 Å². The lowest BCUT2D eigenvalue weighted by Crippen LogP contribution is -2.31. The molecule has 1 atom stereocenters. The van der Waals surface area contributed by atoms with Crippen LogP contribution in [0.3, 0.4) is 0 Å². The third-order valence-corrected chi connectivity index (χ3v) is 4.93. The molecule has 2 heterocycles. The van der Waals surface area contributed by atoms with Gasteiger partial charge in [0.2, 0.25) is 0 Å². The van der Waals surface area contributed by atoms with E-state index in [9.17, 15) is 4.79 Å². The summed E-state index contributed by atoms with van der Waals surface area (Å²) < 4.78 is 5.52. The number of ether oxygens (including phenoxy) is 1. The first-order chi connectivity index (χ1) is 11.3. The largest absolute Gasteiger partial charge is 0.454 e. The van der Waals surface area contributed by atoms with Gasteiger partial charge in [-0.3, -0.25) is 4.90 Å². The van der Waals surface area contributed by atoms with E-state index in [1.54, 1.807) is 0 Å². The van der Waals surface area contributed by atoms with Gasteiger partial charge < -0.3 is 4.74 Å². The van der Waals surface area contributed by atoms with Gasteiger partial charge in [0.1, 0.15) is 6.10 Å². The third kappa shape index (κ3) is 2.89. The van der Waals surface area contributed by atoms with Gasteiger partial charge in [0.05, 0.1) is 5.56 Å². The predicted octanol–water partition coefficient (Wildman–Crippen LogP) is 3.74. The number of carbonyl (C=O) groups excluding carboxylic acids is 1. The van der Waals surface area contributed by atoms with Crippen molar-refractivity contribution in [2.45, 2.75) is 31.9 Å². The lowest BCUT2D eigenvalue weighted by Gasteiger charge is -2.28. The van der Waals surface area contributed by atoms with Crippen LogP contribution in [-0.2, 0) is 17.7 Å². The van der Waals surface area contributed by atoms with Crippen molar-refractivity contribution in [2.75, 3.05) is 13.1 Å². The summed E-state index contributed by atoms with van der Waals surface area (Å²) in [6.45, 7) is 3.22. The number of hydrogen-bond donors (Lipinski definition) is 0. The van der Waals surface area contributed by atoms with Gasteiger partial charge in [-0.25, -0.2) is 4.79 Å². The summed E-state index contributed by atoms with van der Waals surface area (Å²) in [6, 6.07) is 16.5. The molecular formula is C20H21NO2. The van der Waals surface area contributed by atoms with Gasteiger partial charge in [0.25, 0.3) is 0 Å². The zero-order valence-electron chi connectivity index (χ0n) is 13.2. The number of hydrogen-bond acceptors (Lipinski definition) is 3. The molecule has 0 saturated carbocycles. The fourth-order valence-electron chi connectivity index (χ4n) is 3.68. The Kier molecular flexibility index (Phi) is 3.88. The molecule has 2 aromatic carbocycles. The molecule has 0 amide bonds. The van der Waals surface area contributed by atoms with E-state index in [4.69, 9.17) is 4.74 Å².